The second kappa shape index (κ2) is 6.01. The number of hydrogen-bond acceptors (Lipinski definition) is 2. The summed E-state index contributed by atoms with van der Waals surface area (Å²) in [5, 5.41) is 0.655. The number of hydrogen-bond donors (Lipinski definition) is 1. The normalized spacial score (nSPS) is 13.1. The molecule has 0 fully saturated rings. The second-order valence-corrected chi connectivity index (χ2v) is 3.83. The van der Waals surface area contributed by atoms with Gasteiger partial charge in [-0.3, -0.25) is 0 Å². The van der Waals surface area contributed by atoms with Crippen molar-refractivity contribution in [3.05, 3.63) is 40.4 Å². The minimum atomic E-state index is -0.112. The molecule has 1 rings (SSSR count). The zero-order chi connectivity index (χ0) is 11.3. The number of rotatable bonds is 4. The van der Waals surface area contributed by atoms with Crippen LogP contribution in [0.5, 0.6) is 5.75 Å². The molecule has 0 amide bonds. The molecular weight excluding hydrogens is 233 g/mol. The first-order valence-corrected chi connectivity index (χ1v) is 5.39. The Morgan fingerprint density at radius 1 is 1.53 bits per heavy atom. The standard InChI is InChI=1S/C11H13Cl2NO/c1-8(14)10-7-9(13)3-4-11(10)15-6-2-5-12/h2-5,7-8H,6,14H2,1H3/t8-/m0/s1. The molecule has 15 heavy (non-hydrogen) atoms. The van der Waals surface area contributed by atoms with E-state index in [1.807, 2.05) is 19.1 Å². The highest BCUT2D eigenvalue weighted by Gasteiger charge is 2.08. The van der Waals surface area contributed by atoms with Gasteiger partial charge >= 0.3 is 0 Å². The van der Waals surface area contributed by atoms with E-state index in [9.17, 15) is 0 Å². The topological polar surface area (TPSA) is 35.2 Å². The van der Waals surface area contributed by atoms with Crippen molar-refractivity contribution in [2.75, 3.05) is 6.61 Å². The van der Waals surface area contributed by atoms with Gasteiger partial charge in [0, 0.05) is 22.2 Å². The summed E-state index contributed by atoms with van der Waals surface area (Å²) in [4.78, 5) is 0. The van der Waals surface area contributed by atoms with Crippen LogP contribution in [0.1, 0.15) is 18.5 Å². The van der Waals surface area contributed by atoms with E-state index < -0.39 is 0 Å². The van der Waals surface area contributed by atoms with E-state index in [0.29, 0.717) is 11.6 Å². The van der Waals surface area contributed by atoms with Crippen molar-refractivity contribution in [2.24, 2.45) is 5.73 Å². The van der Waals surface area contributed by atoms with Crippen LogP contribution >= 0.6 is 23.2 Å². The molecule has 2 nitrogen and oxygen atoms in total. The highest BCUT2D eigenvalue weighted by molar-refractivity contribution is 6.30. The molecule has 1 aromatic carbocycles. The molecule has 0 bridgehead atoms. The molecular formula is C11H13Cl2NO. The summed E-state index contributed by atoms with van der Waals surface area (Å²) < 4.78 is 5.48. The molecule has 0 unspecified atom stereocenters. The Hall–Kier alpha value is -0.700. The summed E-state index contributed by atoms with van der Waals surface area (Å²) in [5.41, 5.74) is 8.12. The maximum atomic E-state index is 5.88. The lowest BCUT2D eigenvalue weighted by Gasteiger charge is -2.13. The zero-order valence-electron chi connectivity index (χ0n) is 8.41. The van der Waals surface area contributed by atoms with Gasteiger partial charge in [0.05, 0.1) is 0 Å². The van der Waals surface area contributed by atoms with E-state index in [0.717, 1.165) is 11.3 Å². The van der Waals surface area contributed by atoms with Crippen LogP contribution in [0.25, 0.3) is 0 Å². The first-order valence-electron chi connectivity index (χ1n) is 4.58. The van der Waals surface area contributed by atoms with Crippen molar-refractivity contribution < 1.29 is 4.74 Å². The molecule has 0 aliphatic heterocycles. The molecule has 1 aromatic rings. The fourth-order valence-electron chi connectivity index (χ4n) is 1.18. The van der Waals surface area contributed by atoms with E-state index in [1.165, 1.54) is 5.54 Å². The maximum absolute atomic E-state index is 5.88. The van der Waals surface area contributed by atoms with Gasteiger partial charge in [-0.25, -0.2) is 0 Å². The quantitative estimate of drug-likeness (QED) is 0.882. The van der Waals surface area contributed by atoms with Gasteiger partial charge in [-0.15, -0.1) is 0 Å². The predicted octanol–water partition coefficient (Wildman–Crippen LogP) is 3.49. The van der Waals surface area contributed by atoms with E-state index in [4.69, 9.17) is 33.7 Å². The second-order valence-electron chi connectivity index (χ2n) is 3.14. The fourth-order valence-corrected chi connectivity index (χ4v) is 1.43. The van der Waals surface area contributed by atoms with E-state index in [1.54, 1.807) is 12.1 Å². The Morgan fingerprint density at radius 2 is 2.27 bits per heavy atom. The fraction of sp³-hybridized carbons (Fsp3) is 0.273. The predicted molar refractivity (Wildman–Crippen MR) is 64.5 cm³/mol. The summed E-state index contributed by atoms with van der Waals surface area (Å²) in [6.07, 6.45) is 1.71. The first kappa shape index (κ1) is 12.4. The average Bonchev–Trinajstić information content (AvgIpc) is 2.20. The van der Waals surface area contributed by atoms with Crippen molar-refractivity contribution in [3.8, 4) is 5.75 Å². The molecule has 0 radical (unpaired) electrons. The average molecular weight is 246 g/mol. The van der Waals surface area contributed by atoms with Gasteiger partial charge in [0.2, 0.25) is 0 Å². The molecule has 4 heteroatoms. The Bertz CT molecular complexity index is 350. The van der Waals surface area contributed by atoms with Crippen LogP contribution in [0.2, 0.25) is 5.02 Å². The minimum absolute atomic E-state index is 0.112. The lowest BCUT2D eigenvalue weighted by atomic mass is 10.1. The molecule has 0 saturated carbocycles. The molecule has 2 N–H and O–H groups in total. The molecule has 0 saturated heterocycles. The third-order valence-corrected chi connectivity index (χ3v) is 2.30. The highest BCUT2D eigenvalue weighted by atomic mass is 35.5. The van der Waals surface area contributed by atoms with Gasteiger partial charge in [-0.2, -0.15) is 0 Å². The molecule has 0 aromatic heterocycles. The van der Waals surface area contributed by atoms with Crippen molar-refractivity contribution >= 4 is 23.2 Å². The number of benzene rings is 1. The maximum Gasteiger partial charge on any atom is 0.124 e. The van der Waals surface area contributed by atoms with E-state index in [-0.39, 0.29) is 6.04 Å². The van der Waals surface area contributed by atoms with E-state index in [2.05, 4.69) is 0 Å². The van der Waals surface area contributed by atoms with Crippen LogP contribution in [-0.2, 0) is 0 Å². The van der Waals surface area contributed by atoms with Crippen LogP contribution < -0.4 is 10.5 Å². The van der Waals surface area contributed by atoms with Crippen molar-refractivity contribution in [2.45, 2.75) is 13.0 Å². The van der Waals surface area contributed by atoms with Gasteiger partial charge in [-0.05, 0) is 31.2 Å². The summed E-state index contributed by atoms with van der Waals surface area (Å²) in [6, 6.07) is 5.28. The summed E-state index contributed by atoms with van der Waals surface area (Å²) >= 11 is 11.3. The molecule has 0 aliphatic rings. The number of ether oxygens (including phenoxy) is 1. The lowest BCUT2D eigenvalue weighted by Crippen LogP contribution is -2.08. The van der Waals surface area contributed by atoms with Crippen LogP contribution in [0.4, 0.5) is 0 Å². The van der Waals surface area contributed by atoms with E-state index >= 15 is 0 Å². The van der Waals surface area contributed by atoms with Crippen molar-refractivity contribution in [3.63, 3.8) is 0 Å². The lowest BCUT2D eigenvalue weighted by molar-refractivity contribution is 0.357. The number of nitrogens with two attached hydrogens (primary N) is 1. The monoisotopic (exact) mass is 245 g/mol. The number of halogens is 2. The van der Waals surface area contributed by atoms with Crippen LogP contribution in [-0.4, -0.2) is 6.61 Å². The first-order chi connectivity index (χ1) is 7.15. The highest BCUT2D eigenvalue weighted by Crippen LogP contribution is 2.27. The Labute approximate surface area is 99.6 Å². The summed E-state index contributed by atoms with van der Waals surface area (Å²) in [6.45, 7) is 2.31. The van der Waals surface area contributed by atoms with Crippen molar-refractivity contribution in [1.82, 2.24) is 0 Å². The van der Waals surface area contributed by atoms with Gasteiger partial charge in [0.1, 0.15) is 12.4 Å². The Balaban J connectivity index is 2.85. The molecule has 82 valence electrons. The zero-order valence-corrected chi connectivity index (χ0v) is 9.92. The molecule has 0 spiro atoms. The SMILES string of the molecule is C[C@H](N)c1cc(Cl)ccc1OCC=CCl. The van der Waals surface area contributed by atoms with Gasteiger partial charge in [0.15, 0.2) is 0 Å². The third kappa shape index (κ3) is 3.74. The smallest absolute Gasteiger partial charge is 0.124 e. The van der Waals surface area contributed by atoms with Crippen molar-refractivity contribution in [1.29, 1.82) is 0 Å². The van der Waals surface area contributed by atoms with Crippen LogP contribution in [0.15, 0.2) is 29.8 Å². The Kier molecular flexibility index (Phi) is 4.95. The molecule has 1 atom stereocenters. The third-order valence-electron chi connectivity index (χ3n) is 1.89. The largest absolute Gasteiger partial charge is 0.489 e. The van der Waals surface area contributed by atoms with Gasteiger partial charge in [-0.1, -0.05) is 23.2 Å². The molecule has 0 heterocycles. The Morgan fingerprint density at radius 3 is 2.87 bits per heavy atom. The van der Waals surface area contributed by atoms with Gasteiger partial charge in [0.25, 0.3) is 0 Å². The molecule has 0 aliphatic carbocycles. The van der Waals surface area contributed by atoms with Crippen LogP contribution in [0, 0.1) is 0 Å². The minimum Gasteiger partial charge on any atom is -0.489 e. The van der Waals surface area contributed by atoms with Gasteiger partial charge < -0.3 is 10.5 Å². The summed E-state index contributed by atoms with van der Waals surface area (Å²) in [5.74, 6) is 0.740. The van der Waals surface area contributed by atoms with Crippen LogP contribution in [0.3, 0.4) is 0 Å². The summed E-state index contributed by atoms with van der Waals surface area (Å²) in [7, 11) is 0.